The van der Waals surface area contributed by atoms with Crippen molar-refractivity contribution in [3.05, 3.63) is 112 Å². The molecular formula is C28H32N10O4S. The van der Waals surface area contributed by atoms with E-state index in [2.05, 4.69) is 36.6 Å². The second-order valence-corrected chi connectivity index (χ2v) is 9.38. The molecule has 0 amide bonds. The van der Waals surface area contributed by atoms with E-state index in [1.165, 1.54) is 24.1 Å². The Kier molecular flexibility index (Phi) is 13.0. The van der Waals surface area contributed by atoms with Crippen LogP contribution < -0.4 is 32.4 Å². The summed E-state index contributed by atoms with van der Waals surface area (Å²) in [7, 11) is 0. The van der Waals surface area contributed by atoms with E-state index in [0.717, 1.165) is 11.2 Å². The zero-order valence-corrected chi connectivity index (χ0v) is 24.4. The number of nitro groups is 1. The van der Waals surface area contributed by atoms with Gasteiger partial charge in [-0.3, -0.25) is 14.9 Å². The normalized spacial score (nSPS) is 15.0. The summed E-state index contributed by atoms with van der Waals surface area (Å²) in [6.07, 6.45) is 16.2. The molecule has 1 aliphatic heterocycles. The first-order chi connectivity index (χ1) is 20.2. The van der Waals surface area contributed by atoms with E-state index in [1.807, 2.05) is 19.9 Å². The van der Waals surface area contributed by atoms with Crippen LogP contribution >= 0.6 is 11.9 Å². The average Bonchev–Trinajstić information content (AvgIpc) is 2.95. The number of allylic oxidation sites excluding steroid dienone is 9. The van der Waals surface area contributed by atoms with Crippen molar-refractivity contribution in [1.29, 1.82) is 0 Å². The van der Waals surface area contributed by atoms with Crippen molar-refractivity contribution in [3.63, 3.8) is 0 Å². The van der Waals surface area contributed by atoms with Gasteiger partial charge in [0.1, 0.15) is 12.0 Å². The molecule has 0 saturated heterocycles. The van der Waals surface area contributed by atoms with Crippen molar-refractivity contribution in [1.82, 2.24) is 31.4 Å². The van der Waals surface area contributed by atoms with Gasteiger partial charge in [0.15, 0.2) is 22.7 Å². The van der Waals surface area contributed by atoms with Crippen molar-refractivity contribution in [2.24, 2.45) is 0 Å². The van der Waals surface area contributed by atoms with Gasteiger partial charge in [-0.15, -0.1) is 0 Å². The maximum Gasteiger partial charge on any atom is 0.273 e. The lowest BCUT2D eigenvalue weighted by molar-refractivity contribution is -0.384. The lowest BCUT2D eigenvalue weighted by Crippen LogP contribution is -2.09. The Morgan fingerprint density at radius 1 is 1.28 bits per heavy atom. The van der Waals surface area contributed by atoms with Gasteiger partial charge in [0.25, 0.3) is 5.69 Å². The fraction of sp³-hybridized carbons (Fsp3) is 0.107. The molecule has 0 aliphatic carbocycles. The SMILES string of the molecule is C=C/C=C1\C=C(/C)SNc2ccc([N+](=O)[O-])cc2O1.C\C=C/C(C=O)=C\C=C\NCc1cnc2nc(N)nc(N)c2n1.N. The van der Waals surface area contributed by atoms with Crippen molar-refractivity contribution < 1.29 is 14.5 Å². The number of aromatic nitrogens is 4. The number of nitrogens with two attached hydrogens (primary N) is 2. The van der Waals surface area contributed by atoms with Gasteiger partial charge in [0, 0.05) is 16.5 Å². The van der Waals surface area contributed by atoms with Gasteiger partial charge in [-0.25, -0.2) is 9.97 Å². The monoisotopic (exact) mass is 604 g/mol. The zero-order chi connectivity index (χ0) is 30.5. The summed E-state index contributed by atoms with van der Waals surface area (Å²) in [6.45, 7) is 7.85. The number of carbonyl (C=O) groups is 1. The summed E-state index contributed by atoms with van der Waals surface area (Å²) < 4.78 is 8.76. The number of carbonyl (C=O) groups excluding carboxylic acids is 1. The van der Waals surface area contributed by atoms with E-state index in [9.17, 15) is 14.9 Å². The van der Waals surface area contributed by atoms with Gasteiger partial charge in [-0.2, -0.15) is 9.97 Å². The highest BCUT2D eigenvalue weighted by molar-refractivity contribution is 8.04. The van der Waals surface area contributed by atoms with Crippen molar-refractivity contribution in [3.8, 4) is 5.75 Å². The summed E-state index contributed by atoms with van der Waals surface area (Å²) in [4.78, 5) is 38.4. The Morgan fingerprint density at radius 3 is 2.77 bits per heavy atom. The molecule has 14 nitrogen and oxygen atoms in total. The number of rotatable bonds is 8. The third-order valence-corrected chi connectivity index (χ3v) is 5.90. The first kappa shape index (κ1) is 33.7. The summed E-state index contributed by atoms with van der Waals surface area (Å²) in [5.74, 6) is 1.26. The van der Waals surface area contributed by atoms with Gasteiger partial charge in [0.05, 0.1) is 35.1 Å². The molecule has 0 fully saturated rings. The molecule has 224 valence electrons. The molecule has 4 rings (SSSR count). The average molecular weight is 605 g/mol. The number of benzene rings is 1. The number of nitrogen functional groups attached to an aromatic ring is 2. The highest BCUT2D eigenvalue weighted by atomic mass is 32.2. The Hall–Kier alpha value is -5.54. The molecule has 9 N–H and O–H groups in total. The van der Waals surface area contributed by atoms with Crippen LogP contribution in [0.15, 0.2) is 95.9 Å². The smallest absolute Gasteiger partial charge is 0.273 e. The largest absolute Gasteiger partial charge is 0.455 e. The highest BCUT2D eigenvalue weighted by Crippen LogP contribution is 2.36. The van der Waals surface area contributed by atoms with E-state index in [0.29, 0.717) is 46.2 Å². The Labute approximate surface area is 252 Å². The first-order valence-corrected chi connectivity index (χ1v) is 13.2. The Bertz CT molecular complexity index is 1630. The van der Waals surface area contributed by atoms with Crippen LogP contribution in [0, 0.1) is 10.1 Å². The van der Waals surface area contributed by atoms with Gasteiger partial charge < -0.3 is 32.4 Å². The molecule has 43 heavy (non-hydrogen) atoms. The fourth-order valence-corrected chi connectivity index (χ4v) is 3.91. The number of fused-ring (bicyclic) bond motifs is 2. The standard InChI is InChI=1S/C15H17N7O.C13H12N2O3S.H3N/c1-2-4-10(9-23)5-3-6-18-7-11-8-19-14-12(20-11)13(16)21-15(17)22-14;1-3-4-11-7-9(2)19-14-12-6-5-10(15(16)17)8-13(12)18-11;/h2-6,8-9,18H,7H2,1H3,(H4,16,17,19,21,22);3-8,14H,1H2,2H3;1H3/b4-2-,6-3+,10-5+;9-7+,11-4+;. The van der Waals surface area contributed by atoms with E-state index < -0.39 is 4.92 Å². The van der Waals surface area contributed by atoms with Gasteiger partial charge in [-0.05, 0) is 56.3 Å². The molecule has 3 heterocycles. The minimum Gasteiger partial charge on any atom is -0.455 e. The second kappa shape index (κ2) is 16.7. The molecule has 0 unspecified atom stereocenters. The van der Waals surface area contributed by atoms with Crippen LogP contribution in [0.2, 0.25) is 0 Å². The summed E-state index contributed by atoms with van der Waals surface area (Å²) >= 11 is 1.42. The van der Waals surface area contributed by atoms with E-state index in [1.54, 1.807) is 54.9 Å². The predicted molar refractivity (Wildman–Crippen MR) is 171 cm³/mol. The number of non-ortho nitro benzene ring substituents is 1. The first-order valence-electron chi connectivity index (χ1n) is 12.4. The van der Waals surface area contributed by atoms with Crippen LogP contribution in [0.1, 0.15) is 19.5 Å². The molecule has 0 spiro atoms. The number of hydrogen-bond donors (Lipinski definition) is 5. The summed E-state index contributed by atoms with van der Waals surface area (Å²) in [5, 5.41) is 13.8. The van der Waals surface area contributed by atoms with Crippen LogP contribution in [-0.4, -0.2) is 31.1 Å². The van der Waals surface area contributed by atoms with Gasteiger partial charge >= 0.3 is 0 Å². The van der Waals surface area contributed by atoms with Gasteiger partial charge in [-0.1, -0.05) is 30.9 Å². The Balaban J connectivity index is 0.000000298. The third-order valence-electron chi connectivity index (χ3n) is 5.14. The molecule has 0 atom stereocenters. The number of anilines is 3. The number of ether oxygens (including phenoxy) is 1. The van der Waals surface area contributed by atoms with Crippen LogP contribution in [-0.2, 0) is 11.3 Å². The van der Waals surface area contributed by atoms with Crippen LogP contribution in [0.4, 0.5) is 23.1 Å². The fourth-order valence-electron chi connectivity index (χ4n) is 3.30. The number of nitrogens with one attached hydrogen (secondary N) is 2. The molecular weight excluding hydrogens is 572 g/mol. The van der Waals surface area contributed by atoms with Crippen LogP contribution in [0.5, 0.6) is 5.75 Å². The maximum absolute atomic E-state index is 10.8. The zero-order valence-electron chi connectivity index (χ0n) is 23.6. The lowest BCUT2D eigenvalue weighted by atomic mass is 10.2. The molecule has 15 heteroatoms. The van der Waals surface area contributed by atoms with E-state index in [4.69, 9.17) is 16.2 Å². The lowest BCUT2D eigenvalue weighted by Gasteiger charge is -2.16. The molecule has 2 aromatic heterocycles. The maximum atomic E-state index is 10.8. The van der Waals surface area contributed by atoms with E-state index in [-0.39, 0.29) is 23.6 Å². The van der Waals surface area contributed by atoms with Crippen molar-refractivity contribution in [2.45, 2.75) is 20.4 Å². The second-order valence-electron chi connectivity index (χ2n) is 8.33. The molecule has 1 aromatic carbocycles. The topological polar surface area (TPSA) is 232 Å². The number of hydrogen-bond acceptors (Lipinski definition) is 14. The van der Waals surface area contributed by atoms with Crippen molar-refractivity contribution in [2.75, 3.05) is 16.2 Å². The van der Waals surface area contributed by atoms with Crippen LogP contribution in [0.3, 0.4) is 0 Å². The molecule has 1 aliphatic rings. The third kappa shape index (κ3) is 10.1. The molecule has 0 radical (unpaired) electrons. The highest BCUT2D eigenvalue weighted by Gasteiger charge is 2.15. The Morgan fingerprint density at radius 2 is 2.07 bits per heavy atom. The summed E-state index contributed by atoms with van der Waals surface area (Å²) in [5.41, 5.74) is 14.0. The number of nitrogens with zero attached hydrogens (tertiary/aromatic N) is 5. The minimum atomic E-state index is -0.451. The van der Waals surface area contributed by atoms with Crippen molar-refractivity contribution >= 4 is 52.5 Å². The molecule has 3 aromatic rings. The molecule has 0 bridgehead atoms. The number of aldehydes is 1. The summed E-state index contributed by atoms with van der Waals surface area (Å²) in [6, 6.07) is 4.46. The number of nitro benzene ring substituents is 1. The van der Waals surface area contributed by atoms with E-state index >= 15 is 0 Å². The predicted octanol–water partition coefficient (Wildman–Crippen LogP) is 5.07. The quantitative estimate of drug-likeness (QED) is 0.0564. The van der Waals surface area contributed by atoms with Gasteiger partial charge in [0.2, 0.25) is 5.95 Å². The van der Waals surface area contributed by atoms with Crippen LogP contribution in [0.25, 0.3) is 11.2 Å². The molecule has 0 saturated carbocycles. The minimum absolute atomic E-state index is 0.